The van der Waals surface area contributed by atoms with Gasteiger partial charge < -0.3 is 14.5 Å². The first-order valence-corrected chi connectivity index (χ1v) is 7.38. The SMILES string of the molecule is COCCNCc1ncoc1-c1cc(Br)cc(Br)c1. The number of methoxy groups -OCH3 is 1. The lowest BCUT2D eigenvalue weighted by molar-refractivity contribution is 0.199. The van der Waals surface area contributed by atoms with Crippen LogP contribution in [0.25, 0.3) is 11.3 Å². The van der Waals surface area contributed by atoms with E-state index in [-0.39, 0.29) is 0 Å². The number of halogens is 2. The van der Waals surface area contributed by atoms with Crippen LogP contribution >= 0.6 is 31.9 Å². The van der Waals surface area contributed by atoms with Crippen LogP contribution in [0.5, 0.6) is 0 Å². The number of nitrogens with one attached hydrogen (secondary N) is 1. The van der Waals surface area contributed by atoms with Gasteiger partial charge in [0.25, 0.3) is 0 Å². The summed E-state index contributed by atoms with van der Waals surface area (Å²) in [6.07, 6.45) is 1.47. The van der Waals surface area contributed by atoms with Crippen molar-refractivity contribution in [3.8, 4) is 11.3 Å². The molecule has 0 aliphatic heterocycles. The average Bonchev–Trinajstić information content (AvgIpc) is 2.82. The van der Waals surface area contributed by atoms with Crippen LogP contribution < -0.4 is 5.32 Å². The molecule has 0 saturated carbocycles. The summed E-state index contributed by atoms with van der Waals surface area (Å²) in [5.74, 6) is 0.784. The highest BCUT2D eigenvalue weighted by atomic mass is 79.9. The van der Waals surface area contributed by atoms with Crippen LogP contribution in [0.2, 0.25) is 0 Å². The van der Waals surface area contributed by atoms with Crippen LogP contribution in [-0.4, -0.2) is 25.2 Å². The summed E-state index contributed by atoms with van der Waals surface area (Å²) in [5.41, 5.74) is 1.88. The molecule has 1 heterocycles. The minimum absolute atomic E-state index is 0.652. The zero-order chi connectivity index (χ0) is 13.7. The van der Waals surface area contributed by atoms with Gasteiger partial charge in [0.1, 0.15) is 5.69 Å². The molecule has 0 atom stereocenters. The second-order valence-corrected chi connectivity index (χ2v) is 5.79. The molecule has 0 saturated heterocycles. The molecule has 1 aromatic carbocycles. The van der Waals surface area contributed by atoms with Crippen molar-refractivity contribution in [3.05, 3.63) is 39.2 Å². The Morgan fingerprint density at radius 2 is 2.00 bits per heavy atom. The lowest BCUT2D eigenvalue weighted by Gasteiger charge is -2.05. The molecule has 0 aliphatic carbocycles. The molecular weight excluding hydrogens is 376 g/mol. The molecule has 6 heteroatoms. The maximum atomic E-state index is 5.49. The van der Waals surface area contributed by atoms with Crippen LogP contribution in [0.4, 0.5) is 0 Å². The molecule has 0 radical (unpaired) electrons. The predicted molar refractivity (Wildman–Crippen MR) is 80.9 cm³/mol. The largest absolute Gasteiger partial charge is 0.443 e. The number of ether oxygens (including phenoxy) is 1. The third kappa shape index (κ3) is 4.14. The summed E-state index contributed by atoms with van der Waals surface area (Å²) in [7, 11) is 1.68. The normalized spacial score (nSPS) is 10.9. The standard InChI is InChI=1S/C13H14Br2N2O2/c1-18-3-2-16-7-12-13(19-8-17-12)9-4-10(14)6-11(15)5-9/h4-6,8,16H,2-3,7H2,1H3. The monoisotopic (exact) mass is 388 g/mol. The van der Waals surface area contributed by atoms with Crippen LogP contribution in [0.1, 0.15) is 5.69 Å². The molecule has 2 aromatic rings. The van der Waals surface area contributed by atoms with Crippen LogP contribution in [0.15, 0.2) is 38.0 Å². The summed E-state index contributed by atoms with van der Waals surface area (Å²) >= 11 is 6.94. The fourth-order valence-electron chi connectivity index (χ4n) is 1.70. The molecule has 2 rings (SSSR count). The van der Waals surface area contributed by atoms with Crippen molar-refractivity contribution in [2.75, 3.05) is 20.3 Å². The Bertz CT molecular complexity index is 523. The lowest BCUT2D eigenvalue weighted by Crippen LogP contribution is -2.19. The van der Waals surface area contributed by atoms with E-state index in [0.717, 1.165) is 32.5 Å². The van der Waals surface area contributed by atoms with E-state index >= 15 is 0 Å². The van der Waals surface area contributed by atoms with Gasteiger partial charge in [-0.2, -0.15) is 0 Å². The second kappa shape index (κ2) is 7.19. The van der Waals surface area contributed by atoms with E-state index in [4.69, 9.17) is 9.15 Å². The predicted octanol–water partition coefficient (Wildman–Crippen LogP) is 3.60. The molecule has 0 amide bonds. The van der Waals surface area contributed by atoms with Gasteiger partial charge in [0.15, 0.2) is 12.2 Å². The number of hydrogen-bond acceptors (Lipinski definition) is 4. The van der Waals surface area contributed by atoms with Crippen molar-refractivity contribution in [2.45, 2.75) is 6.54 Å². The summed E-state index contributed by atoms with van der Waals surface area (Å²) < 4.78 is 12.5. The average molecular weight is 390 g/mol. The van der Waals surface area contributed by atoms with Gasteiger partial charge in [0.05, 0.1) is 6.61 Å². The molecule has 102 valence electrons. The highest BCUT2D eigenvalue weighted by Crippen LogP contribution is 2.29. The Morgan fingerprint density at radius 1 is 1.26 bits per heavy atom. The number of aromatic nitrogens is 1. The minimum atomic E-state index is 0.652. The Labute approximate surface area is 128 Å². The second-order valence-electron chi connectivity index (χ2n) is 3.96. The number of hydrogen-bond donors (Lipinski definition) is 1. The molecule has 0 spiro atoms. The van der Waals surface area contributed by atoms with Gasteiger partial charge in [-0.25, -0.2) is 4.98 Å². The fourth-order valence-corrected chi connectivity index (χ4v) is 2.99. The van der Waals surface area contributed by atoms with Crippen molar-refractivity contribution in [3.63, 3.8) is 0 Å². The smallest absolute Gasteiger partial charge is 0.181 e. The summed E-state index contributed by atoms with van der Waals surface area (Å²) in [4.78, 5) is 4.25. The van der Waals surface area contributed by atoms with E-state index in [0.29, 0.717) is 13.2 Å². The number of oxazole rings is 1. The zero-order valence-electron chi connectivity index (χ0n) is 10.5. The van der Waals surface area contributed by atoms with Crippen LogP contribution in [0.3, 0.4) is 0 Å². The molecule has 19 heavy (non-hydrogen) atoms. The Hall–Kier alpha value is -0.690. The maximum absolute atomic E-state index is 5.49. The summed E-state index contributed by atoms with van der Waals surface area (Å²) in [5, 5.41) is 3.26. The first kappa shape index (κ1) is 14.7. The summed E-state index contributed by atoms with van der Waals surface area (Å²) in [6, 6.07) is 5.99. The molecule has 1 aromatic heterocycles. The van der Waals surface area contributed by atoms with Gasteiger partial charge in [-0.05, 0) is 18.2 Å². The third-order valence-electron chi connectivity index (χ3n) is 2.54. The van der Waals surface area contributed by atoms with Crippen LogP contribution in [-0.2, 0) is 11.3 Å². The number of benzene rings is 1. The van der Waals surface area contributed by atoms with E-state index in [1.54, 1.807) is 7.11 Å². The highest BCUT2D eigenvalue weighted by Gasteiger charge is 2.11. The maximum Gasteiger partial charge on any atom is 0.181 e. The van der Waals surface area contributed by atoms with E-state index in [2.05, 4.69) is 42.2 Å². The molecule has 1 N–H and O–H groups in total. The van der Waals surface area contributed by atoms with Crippen molar-refractivity contribution in [2.24, 2.45) is 0 Å². The Balaban J connectivity index is 2.14. The molecular formula is C13H14Br2N2O2. The molecule has 0 unspecified atom stereocenters. The Morgan fingerprint density at radius 3 is 2.68 bits per heavy atom. The topological polar surface area (TPSA) is 47.3 Å². The van der Waals surface area contributed by atoms with Gasteiger partial charge in [0.2, 0.25) is 0 Å². The van der Waals surface area contributed by atoms with Crippen molar-refractivity contribution >= 4 is 31.9 Å². The van der Waals surface area contributed by atoms with Crippen molar-refractivity contribution in [1.82, 2.24) is 10.3 Å². The van der Waals surface area contributed by atoms with Gasteiger partial charge in [-0.15, -0.1) is 0 Å². The van der Waals surface area contributed by atoms with E-state index in [1.807, 2.05) is 18.2 Å². The van der Waals surface area contributed by atoms with Crippen LogP contribution in [0, 0.1) is 0 Å². The van der Waals surface area contributed by atoms with Crippen molar-refractivity contribution in [1.29, 1.82) is 0 Å². The molecule has 0 fully saturated rings. The molecule has 4 nitrogen and oxygen atoms in total. The quantitative estimate of drug-likeness (QED) is 0.766. The Kier molecular flexibility index (Phi) is 5.57. The lowest BCUT2D eigenvalue weighted by atomic mass is 10.1. The van der Waals surface area contributed by atoms with Gasteiger partial charge >= 0.3 is 0 Å². The van der Waals surface area contributed by atoms with Gasteiger partial charge in [0, 0.05) is 34.7 Å². The van der Waals surface area contributed by atoms with Gasteiger partial charge in [-0.3, -0.25) is 0 Å². The third-order valence-corrected chi connectivity index (χ3v) is 3.46. The minimum Gasteiger partial charge on any atom is -0.443 e. The molecule has 0 aliphatic rings. The van der Waals surface area contributed by atoms with Crippen molar-refractivity contribution < 1.29 is 9.15 Å². The van der Waals surface area contributed by atoms with E-state index in [1.165, 1.54) is 6.39 Å². The number of rotatable bonds is 6. The first-order valence-electron chi connectivity index (χ1n) is 5.79. The summed E-state index contributed by atoms with van der Waals surface area (Å²) in [6.45, 7) is 2.11. The van der Waals surface area contributed by atoms with E-state index in [9.17, 15) is 0 Å². The first-order chi connectivity index (χ1) is 9.20. The fraction of sp³-hybridized carbons (Fsp3) is 0.308. The highest BCUT2D eigenvalue weighted by molar-refractivity contribution is 9.11. The molecule has 0 bridgehead atoms. The number of nitrogens with zero attached hydrogens (tertiary/aromatic N) is 1. The van der Waals surface area contributed by atoms with E-state index < -0.39 is 0 Å². The van der Waals surface area contributed by atoms with Gasteiger partial charge in [-0.1, -0.05) is 31.9 Å². The zero-order valence-corrected chi connectivity index (χ0v) is 13.6.